The summed E-state index contributed by atoms with van der Waals surface area (Å²) in [5, 5.41) is 21.5. The molecule has 1 unspecified atom stereocenters. The first kappa shape index (κ1) is 29.4. The van der Waals surface area contributed by atoms with Crippen molar-refractivity contribution in [1.82, 2.24) is 0 Å². The van der Waals surface area contributed by atoms with Crippen molar-refractivity contribution in [3.63, 3.8) is 0 Å². The predicted octanol–water partition coefficient (Wildman–Crippen LogP) is 5.46. The number of aliphatic hydroxyl groups is 1. The summed E-state index contributed by atoms with van der Waals surface area (Å²) in [7, 11) is 4.14. The lowest BCUT2D eigenvalue weighted by Gasteiger charge is -2.35. The molecule has 0 saturated carbocycles. The van der Waals surface area contributed by atoms with E-state index in [1.54, 1.807) is 13.8 Å². The highest BCUT2D eigenvalue weighted by Gasteiger charge is 2.26. The van der Waals surface area contributed by atoms with E-state index in [0.717, 1.165) is 19.4 Å². The largest absolute Gasteiger partial charge is 0.550 e. The van der Waals surface area contributed by atoms with Crippen LogP contribution in [-0.4, -0.2) is 48.8 Å². The van der Waals surface area contributed by atoms with E-state index in [4.69, 9.17) is 0 Å². The summed E-state index contributed by atoms with van der Waals surface area (Å²) >= 11 is 0. The van der Waals surface area contributed by atoms with Crippen molar-refractivity contribution in [2.24, 2.45) is 5.41 Å². The normalized spacial score (nSPS) is 13.5. The molecule has 1 N–H and O–H groups in total. The van der Waals surface area contributed by atoms with Crippen LogP contribution in [0, 0.1) is 5.41 Å². The molecule has 4 heteroatoms. The van der Waals surface area contributed by atoms with E-state index in [1.165, 1.54) is 83.5 Å². The van der Waals surface area contributed by atoms with Crippen LogP contribution in [-0.2, 0) is 4.79 Å². The molecule has 0 saturated heterocycles. The molecule has 0 aliphatic heterocycles. The summed E-state index contributed by atoms with van der Waals surface area (Å²) < 4.78 is 0.649. The van der Waals surface area contributed by atoms with Crippen molar-refractivity contribution in [3.05, 3.63) is 0 Å². The summed E-state index contributed by atoms with van der Waals surface area (Å²) in [6.45, 7) is 7.12. The molecule has 0 fully saturated rings. The summed E-state index contributed by atoms with van der Waals surface area (Å²) in [5.41, 5.74) is -0.810. The van der Waals surface area contributed by atoms with Crippen molar-refractivity contribution in [1.29, 1.82) is 0 Å². The van der Waals surface area contributed by atoms with Crippen LogP contribution >= 0.6 is 0 Å². The van der Waals surface area contributed by atoms with E-state index in [9.17, 15) is 15.0 Å². The Morgan fingerprint density at radius 2 is 1.23 bits per heavy atom. The van der Waals surface area contributed by atoms with E-state index in [2.05, 4.69) is 21.0 Å². The van der Waals surface area contributed by atoms with Crippen LogP contribution in [0.4, 0.5) is 0 Å². The second-order valence-corrected chi connectivity index (χ2v) is 10.8. The number of carbonyl (C=O) groups is 1. The standard InChI is InChI=1S/C26H53NO3/c1-6-7-8-9-10-11-12-13-14-15-16-17-18-19-20-24(28)23-27(4,5)22-21-26(2,3)25(29)30/h24,28H,6-23H2,1-5H3. The molecule has 30 heavy (non-hydrogen) atoms. The van der Waals surface area contributed by atoms with Crippen molar-refractivity contribution >= 4 is 5.97 Å². The maximum absolute atomic E-state index is 11.2. The Morgan fingerprint density at radius 3 is 1.63 bits per heavy atom. The van der Waals surface area contributed by atoms with Crippen LogP contribution in [0.25, 0.3) is 0 Å². The maximum atomic E-state index is 11.2. The van der Waals surface area contributed by atoms with E-state index in [0.29, 0.717) is 17.4 Å². The van der Waals surface area contributed by atoms with Crippen LogP contribution in [0.5, 0.6) is 0 Å². The average Bonchev–Trinajstić information content (AvgIpc) is 2.66. The Balaban J connectivity index is 3.58. The number of quaternary nitrogens is 1. The third-order valence-electron chi connectivity index (χ3n) is 6.49. The molecule has 0 amide bonds. The van der Waals surface area contributed by atoms with Gasteiger partial charge in [0.2, 0.25) is 0 Å². The number of hydrogen-bond donors (Lipinski definition) is 1. The predicted molar refractivity (Wildman–Crippen MR) is 126 cm³/mol. The number of nitrogens with zero attached hydrogens (tertiary/aromatic N) is 1. The molecule has 0 aromatic rings. The topological polar surface area (TPSA) is 60.4 Å². The average molecular weight is 428 g/mol. The van der Waals surface area contributed by atoms with Gasteiger partial charge in [0.15, 0.2) is 0 Å². The lowest BCUT2D eigenvalue weighted by atomic mass is 9.89. The molecule has 180 valence electrons. The number of aliphatic hydroxyl groups excluding tert-OH is 1. The molecular formula is C26H53NO3. The number of unbranched alkanes of at least 4 members (excludes halogenated alkanes) is 13. The lowest BCUT2D eigenvalue weighted by molar-refractivity contribution is -0.894. The third kappa shape index (κ3) is 17.1. The smallest absolute Gasteiger partial charge is 0.105 e. The molecule has 0 radical (unpaired) electrons. The molecule has 0 heterocycles. The van der Waals surface area contributed by atoms with E-state index in [-0.39, 0.29) is 6.10 Å². The molecule has 0 bridgehead atoms. The molecule has 0 rings (SSSR count). The molecule has 0 spiro atoms. The summed E-state index contributed by atoms with van der Waals surface area (Å²) in [6, 6.07) is 0. The minimum atomic E-state index is -0.995. The van der Waals surface area contributed by atoms with Crippen molar-refractivity contribution in [3.8, 4) is 0 Å². The van der Waals surface area contributed by atoms with E-state index in [1.807, 2.05) is 0 Å². The van der Waals surface area contributed by atoms with Gasteiger partial charge in [-0.15, -0.1) is 0 Å². The Morgan fingerprint density at radius 1 is 0.833 bits per heavy atom. The van der Waals surface area contributed by atoms with Gasteiger partial charge in [0.1, 0.15) is 12.6 Å². The monoisotopic (exact) mass is 427 g/mol. The number of rotatable bonds is 21. The van der Waals surface area contributed by atoms with E-state index >= 15 is 0 Å². The van der Waals surface area contributed by atoms with Crippen molar-refractivity contribution < 1.29 is 19.5 Å². The van der Waals surface area contributed by atoms with Crippen LogP contribution in [0.2, 0.25) is 0 Å². The van der Waals surface area contributed by atoms with Crippen LogP contribution in [0.3, 0.4) is 0 Å². The summed E-state index contributed by atoms with van der Waals surface area (Å²) in [5.74, 6) is -0.995. The minimum Gasteiger partial charge on any atom is -0.550 e. The van der Waals surface area contributed by atoms with Crippen molar-refractivity contribution in [2.75, 3.05) is 27.2 Å². The van der Waals surface area contributed by atoms with E-state index < -0.39 is 11.4 Å². The van der Waals surface area contributed by atoms with Crippen LogP contribution in [0.15, 0.2) is 0 Å². The maximum Gasteiger partial charge on any atom is 0.105 e. The number of likely N-dealkylation sites (N-methyl/N-ethyl adjacent to an activating group) is 1. The summed E-state index contributed by atoms with van der Waals surface area (Å²) in [4.78, 5) is 11.2. The van der Waals surface area contributed by atoms with Crippen molar-refractivity contribution in [2.45, 2.75) is 130 Å². The highest BCUT2D eigenvalue weighted by Crippen LogP contribution is 2.21. The van der Waals surface area contributed by atoms with Gasteiger partial charge < -0.3 is 19.5 Å². The van der Waals surface area contributed by atoms with Gasteiger partial charge in [-0.2, -0.15) is 0 Å². The van der Waals surface area contributed by atoms with Crippen LogP contribution < -0.4 is 5.11 Å². The van der Waals surface area contributed by atoms with Gasteiger partial charge >= 0.3 is 0 Å². The van der Waals surface area contributed by atoms with Gasteiger partial charge in [-0.3, -0.25) is 0 Å². The first-order valence-electron chi connectivity index (χ1n) is 12.8. The second kappa shape index (κ2) is 17.0. The third-order valence-corrected chi connectivity index (χ3v) is 6.49. The SMILES string of the molecule is CCCCCCCCCCCCCCCCC(O)C[N+](C)(C)CCC(C)(C)C(=O)[O-]. The minimum absolute atomic E-state index is 0.302. The number of carboxylic acid groups (broad SMARTS) is 1. The quantitative estimate of drug-likeness (QED) is 0.195. The lowest BCUT2D eigenvalue weighted by Crippen LogP contribution is -2.49. The zero-order valence-corrected chi connectivity index (χ0v) is 21.0. The molecule has 0 aliphatic rings. The Kier molecular flexibility index (Phi) is 16.7. The number of aliphatic carboxylic acids is 1. The molecule has 0 aromatic carbocycles. The number of hydrogen-bond acceptors (Lipinski definition) is 3. The van der Waals surface area contributed by atoms with Gasteiger partial charge in [-0.25, -0.2) is 0 Å². The Labute approximate surface area is 188 Å². The van der Waals surface area contributed by atoms with Gasteiger partial charge in [-0.05, 0) is 6.42 Å². The fraction of sp³-hybridized carbons (Fsp3) is 0.962. The molecular weight excluding hydrogens is 374 g/mol. The Hall–Kier alpha value is -0.610. The van der Waals surface area contributed by atoms with Crippen LogP contribution in [0.1, 0.15) is 124 Å². The van der Waals surface area contributed by atoms with Gasteiger partial charge in [0, 0.05) is 17.8 Å². The molecule has 4 nitrogen and oxygen atoms in total. The number of carboxylic acids is 1. The molecule has 0 aromatic heterocycles. The molecule has 1 atom stereocenters. The molecule has 0 aliphatic carbocycles. The second-order valence-electron chi connectivity index (χ2n) is 10.8. The fourth-order valence-electron chi connectivity index (χ4n) is 4.01. The highest BCUT2D eigenvalue weighted by atomic mass is 16.4. The van der Waals surface area contributed by atoms with Gasteiger partial charge in [0.25, 0.3) is 0 Å². The zero-order valence-electron chi connectivity index (χ0n) is 21.0. The highest BCUT2D eigenvalue weighted by molar-refractivity contribution is 5.71. The van der Waals surface area contributed by atoms with Gasteiger partial charge in [-0.1, -0.05) is 111 Å². The first-order valence-corrected chi connectivity index (χ1v) is 12.8. The first-order chi connectivity index (χ1) is 14.1. The summed E-state index contributed by atoms with van der Waals surface area (Å²) in [6.07, 6.45) is 20.0. The fourth-order valence-corrected chi connectivity index (χ4v) is 4.01. The Bertz CT molecular complexity index is 421. The zero-order chi connectivity index (χ0) is 22.9. The number of carbonyl (C=O) groups excluding carboxylic acids is 1. The van der Waals surface area contributed by atoms with Gasteiger partial charge in [0.05, 0.1) is 20.6 Å².